The summed E-state index contributed by atoms with van der Waals surface area (Å²) in [4.78, 5) is 4.65. The first-order valence-electron chi connectivity index (χ1n) is 6.62. The lowest BCUT2D eigenvalue weighted by molar-refractivity contribution is 0.253. The number of hydrogen-bond donors (Lipinski definition) is 2. The molecule has 1 aromatic heterocycles. The zero-order chi connectivity index (χ0) is 13.3. The minimum absolute atomic E-state index is 0.276. The Bertz CT molecular complexity index is 596. The molecule has 4 heteroatoms. The van der Waals surface area contributed by atoms with E-state index in [1.54, 1.807) is 0 Å². The number of fused-ring (bicyclic) bond motifs is 1. The van der Waals surface area contributed by atoms with Gasteiger partial charge in [0.15, 0.2) is 0 Å². The fraction of sp³-hybridized carbons (Fsp3) is 0.400. The van der Waals surface area contributed by atoms with Gasteiger partial charge in [0, 0.05) is 23.0 Å². The zero-order valence-corrected chi connectivity index (χ0v) is 12.3. The number of anilines is 1. The molecule has 0 saturated heterocycles. The Labute approximate surface area is 121 Å². The number of aliphatic hydroxyl groups excluding tert-OH is 1. The molecule has 0 atom stereocenters. The van der Waals surface area contributed by atoms with Crippen molar-refractivity contribution in [1.29, 1.82) is 0 Å². The monoisotopic (exact) mass is 320 g/mol. The first-order chi connectivity index (χ1) is 9.22. The maximum absolute atomic E-state index is 9.07. The van der Waals surface area contributed by atoms with Crippen LogP contribution < -0.4 is 5.32 Å². The van der Waals surface area contributed by atoms with Crippen molar-refractivity contribution in [2.24, 2.45) is 5.41 Å². The summed E-state index contributed by atoms with van der Waals surface area (Å²) in [7, 11) is 0. The van der Waals surface area contributed by atoms with E-state index in [1.807, 2.05) is 18.2 Å². The standard InChI is InChI=1S/C15H17BrN2O/c16-12-3-1-2-11-4-5-13(18-14(11)12)17-10-15(6-7-15)8-9-19/h1-5,19H,6-10H2,(H,17,18). The van der Waals surface area contributed by atoms with Crippen LogP contribution in [0.4, 0.5) is 5.82 Å². The van der Waals surface area contributed by atoms with Gasteiger partial charge in [0.2, 0.25) is 0 Å². The van der Waals surface area contributed by atoms with Gasteiger partial charge >= 0.3 is 0 Å². The fourth-order valence-electron chi connectivity index (χ4n) is 2.42. The van der Waals surface area contributed by atoms with Crippen molar-refractivity contribution < 1.29 is 5.11 Å². The van der Waals surface area contributed by atoms with Gasteiger partial charge in [0.1, 0.15) is 5.82 Å². The maximum atomic E-state index is 9.07. The third-order valence-corrected chi connectivity index (χ3v) is 4.55. The van der Waals surface area contributed by atoms with Gasteiger partial charge in [-0.15, -0.1) is 0 Å². The molecule has 1 heterocycles. The second-order valence-corrected chi connectivity index (χ2v) is 6.19. The Morgan fingerprint density at radius 1 is 1.26 bits per heavy atom. The summed E-state index contributed by atoms with van der Waals surface area (Å²) in [5, 5.41) is 13.6. The molecule has 0 radical (unpaired) electrons. The predicted molar refractivity (Wildman–Crippen MR) is 81.3 cm³/mol. The van der Waals surface area contributed by atoms with Crippen molar-refractivity contribution in [1.82, 2.24) is 4.98 Å². The first-order valence-corrected chi connectivity index (χ1v) is 7.42. The van der Waals surface area contributed by atoms with E-state index in [-0.39, 0.29) is 6.61 Å². The molecular weight excluding hydrogens is 304 g/mol. The third-order valence-electron chi connectivity index (χ3n) is 3.91. The van der Waals surface area contributed by atoms with E-state index < -0.39 is 0 Å². The van der Waals surface area contributed by atoms with E-state index in [1.165, 1.54) is 12.8 Å². The smallest absolute Gasteiger partial charge is 0.126 e. The number of aliphatic hydroxyl groups is 1. The molecule has 0 unspecified atom stereocenters. The lowest BCUT2D eigenvalue weighted by atomic mass is 10.0. The molecule has 1 saturated carbocycles. The number of nitrogens with one attached hydrogen (secondary N) is 1. The van der Waals surface area contributed by atoms with Gasteiger partial charge in [-0.25, -0.2) is 4.98 Å². The second kappa shape index (κ2) is 5.10. The van der Waals surface area contributed by atoms with E-state index in [9.17, 15) is 0 Å². The average molecular weight is 321 g/mol. The molecule has 1 aromatic carbocycles. The van der Waals surface area contributed by atoms with Gasteiger partial charge in [-0.2, -0.15) is 0 Å². The van der Waals surface area contributed by atoms with Crippen LogP contribution in [0.15, 0.2) is 34.8 Å². The minimum Gasteiger partial charge on any atom is -0.396 e. The molecule has 0 bridgehead atoms. The zero-order valence-electron chi connectivity index (χ0n) is 10.7. The van der Waals surface area contributed by atoms with Gasteiger partial charge in [-0.3, -0.25) is 0 Å². The van der Waals surface area contributed by atoms with Crippen LogP contribution in [-0.2, 0) is 0 Å². The lowest BCUT2D eigenvalue weighted by Gasteiger charge is -2.15. The molecular formula is C15H17BrN2O. The van der Waals surface area contributed by atoms with Crippen molar-refractivity contribution in [3.63, 3.8) is 0 Å². The number of benzene rings is 1. The molecule has 1 aliphatic carbocycles. The molecule has 0 spiro atoms. The highest BCUT2D eigenvalue weighted by atomic mass is 79.9. The van der Waals surface area contributed by atoms with E-state index in [0.29, 0.717) is 5.41 Å². The van der Waals surface area contributed by atoms with E-state index >= 15 is 0 Å². The van der Waals surface area contributed by atoms with E-state index in [4.69, 9.17) is 5.11 Å². The number of para-hydroxylation sites is 1. The largest absolute Gasteiger partial charge is 0.396 e. The van der Waals surface area contributed by atoms with Crippen molar-refractivity contribution in [2.45, 2.75) is 19.3 Å². The topological polar surface area (TPSA) is 45.1 Å². The van der Waals surface area contributed by atoms with Crippen LogP contribution in [-0.4, -0.2) is 23.2 Å². The summed E-state index contributed by atoms with van der Waals surface area (Å²) in [6.45, 7) is 1.18. The second-order valence-electron chi connectivity index (χ2n) is 5.34. The molecule has 100 valence electrons. The molecule has 1 fully saturated rings. The Balaban J connectivity index is 1.77. The highest BCUT2D eigenvalue weighted by Crippen LogP contribution is 2.48. The third kappa shape index (κ3) is 2.74. The fourth-order valence-corrected chi connectivity index (χ4v) is 2.89. The van der Waals surface area contributed by atoms with Crippen LogP contribution in [0, 0.1) is 5.41 Å². The van der Waals surface area contributed by atoms with Crippen LogP contribution in [0.1, 0.15) is 19.3 Å². The van der Waals surface area contributed by atoms with Gasteiger partial charge < -0.3 is 10.4 Å². The normalized spacial score (nSPS) is 16.5. The summed E-state index contributed by atoms with van der Waals surface area (Å²) in [5.41, 5.74) is 1.29. The number of nitrogens with zero attached hydrogens (tertiary/aromatic N) is 1. The average Bonchev–Trinajstić information content (AvgIpc) is 3.18. The summed E-state index contributed by atoms with van der Waals surface area (Å²) in [6, 6.07) is 10.2. The summed E-state index contributed by atoms with van der Waals surface area (Å²) in [5.74, 6) is 0.906. The van der Waals surface area contributed by atoms with Gasteiger partial charge in [-0.1, -0.05) is 12.1 Å². The van der Waals surface area contributed by atoms with Crippen molar-refractivity contribution in [2.75, 3.05) is 18.5 Å². The molecule has 0 aliphatic heterocycles. The number of pyridine rings is 1. The van der Waals surface area contributed by atoms with Crippen LogP contribution in [0.3, 0.4) is 0 Å². The number of aromatic nitrogens is 1. The molecule has 3 rings (SSSR count). The number of hydrogen-bond acceptors (Lipinski definition) is 3. The Hall–Kier alpha value is -1.13. The first kappa shape index (κ1) is 12.9. The molecule has 3 nitrogen and oxygen atoms in total. The summed E-state index contributed by atoms with van der Waals surface area (Å²) < 4.78 is 1.02. The van der Waals surface area contributed by atoms with Crippen LogP contribution in [0.25, 0.3) is 10.9 Å². The van der Waals surface area contributed by atoms with Crippen LogP contribution in [0.2, 0.25) is 0 Å². The minimum atomic E-state index is 0.276. The molecule has 2 aromatic rings. The predicted octanol–water partition coefficient (Wildman–Crippen LogP) is 3.57. The highest BCUT2D eigenvalue weighted by molar-refractivity contribution is 9.10. The van der Waals surface area contributed by atoms with Crippen molar-refractivity contribution >= 4 is 32.7 Å². The Morgan fingerprint density at radius 3 is 2.84 bits per heavy atom. The van der Waals surface area contributed by atoms with Crippen LogP contribution >= 0.6 is 15.9 Å². The van der Waals surface area contributed by atoms with Crippen LogP contribution in [0.5, 0.6) is 0 Å². The SMILES string of the molecule is OCCC1(CNc2ccc3cccc(Br)c3n2)CC1. The molecule has 2 N–H and O–H groups in total. The Kier molecular flexibility index (Phi) is 3.46. The van der Waals surface area contributed by atoms with Crippen molar-refractivity contribution in [3.05, 3.63) is 34.8 Å². The molecule has 1 aliphatic rings. The molecule has 0 amide bonds. The van der Waals surface area contributed by atoms with Crippen molar-refractivity contribution in [3.8, 4) is 0 Å². The number of halogens is 1. The van der Waals surface area contributed by atoms with Gasteiger partial charge in [0.25, 0.3) is 0 Å². The Morgan fingerprint density at radius 2 is 2.11 bits per heavy atom. The quantitative estimate of drug-likeness (QED) is 0.885. The maximum Gasteiger partial charge on any atom is 0.126 e. The number of rotatable bonds is 5. The van der Waals surface area contributed by atoms with Gasteiger partial charge in [-0.05, 0) is 58.8 Å². The van der Waals surface area contributed by atoms with E-state index in [2.05, 4.69) is 38.4 Å². The van der Waals surface area contributed by atoms with E-state index in [0.717, 1.165) is 34.2 Å². The molecule has 19 heavy (non-hydrogen) atoms. The summed E-state index contributed by atoms with van der Waals surface area (Å²) in [6.07, 6.45) is 3.30. The lowest BCUT2D eigenvalue weighted by Crippen LogP contribution is -2.17. The summed E-state index contributed by atoms with van der Waals surface area (Å²) >= 11 is 3.54. The highest BCUT2D eigenvalue weighted by Gasteiger charge is 2.41. The van der Waals surface area contributed by atoms with Gasteiger partial charge in [0.05, 0.1) is 5.52 Å².